The van der Waals surface area contributed by atoms with Crippen LogP contribution in [-0.4, -0.2) is 15.7 Å². The van der Waals surface area contributed by atoms with E-state index in [0.717, 1.165) is 12.2 Å². The van der Waals surface area contributed by atoms with E-state index in [2.05, 4.69) is 5.10 Å². The molecular weight excluding hydrogens is 142 g/mol. The van der Waals surface area contributed by atoms with Crippen LogP contribution in [0.1, 0.15) is 12.6 Å². The number of carbonyl (C=O) groups is 1. The molecule has 0 aromatic carbocycles. The lowest BCUT2D eigenvalue weighted by Gasteiger charge is -1.92. The smallest absolute Gasteiger partial charge is 0.223 e. The normalized spacial score (nSPS) is 9.91. The van der Waals surface area contributed by atoms with Crippen molar-refractivity contribution in [3.63, 3.8) is 0 Å². The number of aryl methyl sites for hydroxylation is 1. The first-order chi connectivity index (χ1) is 5.22. The molecule has 1 rings (SSSR count). The van der Waals surface area contributed by atoms with E-state index in [-0.39, 0.29) is 12.3 Å². The zero-order valence-electron chi connectivity index (χ0n) is 6.45. The molecule has 0 saturated heterocycles. The molecule has 60 valence electrons. The first-order valence-corrected chi connectivity index (χ1v) is 3.53. The van der Waals surface area contributed by atoms with E-state index in [4.69, 9.17) is 5.73 Å². The van der Waals surface area contributed by atoms with Gasteiger partial charge in [0.1, 0.15) is 0 Å². The second kappa shape index (κ2) is 3.18. The molecule has 0 saturated carbocycles. The van der Waals surface area contributed by atoms with Gasteiger partial charge in [-0.25, -0.2) is 0 Å². The summed E-state index contributed by atoms with van der Waals surface area (Å²) in [5, 5.41) is 4.08. The van der Waals surface area contributed by atoms with Gasteiger partial charge in [0, 0.05) is 12.7 Å². The number of nitrogens with zero attached hydrogens (tertiary/aromatic N) is 2. The van der Waals surface area contributed by atoms with E-state index in [0.29, 0.717) is 0 Å². The fourth-order valence-electron chi connectivity index (χ4n) is 0.853. The first-order valence-electron chi connectivity index (χ1n) is 3.53. The molecule has 1 aromatic rings. The quantitative estimate of drug-likeness (QED) is 0.660. The summed E-state index contributed by atoms with van der Waals surface area (Å²) in [6.07, 6.45) is 2.06. The zero-order chi connectivity index (χ0) is 8.27. The molecule has 0 aliphatic heterocycles. The number of amides is 1. The summed E-state index contributed by atoms with van der Waals surface area (Å²) in [6, 6.07) is 1.80. The third kappa shape index (κ3) is 2.07. The number of rotatable bonds is 3. The van der Waals surface area contributed by atoms with Crippen molar-refractivity contribution in [1.29, 1.82) is 0 Å². The summed E-state index contributed by atoms with van der Waals surface area (Å²) in [5.74, 6) is -0.341. The van der Waals surface area contributed by atoms with Gasteiger partial charge in [-0.05, 0) is 13.0 Å². The molecule has 0 aliphatic rings. The van der Waals surface area contributed by atoms with Gasteiger partial charge in [-0.2, -0.15) is 5.10 Å². The molecule has 1 amide bonds. The number of hydrogen-bond donors (Lipinski definition) is 1. The molecule has 0 atom stereocenters. The molecule has 4 heteroatoms. The van der Waals surface area contributed by atoms with Crippen LogP contribution < -0.4 is 5.73 Å². The third-order valence-corrected chi connectivity index (χ3v) is 1.38. The Kier molecular flexibility index (Phi) is 2.25. The minimum Gasteiger partial charge on any atom is -0.369 e. The van der Waals surface area contributed by atoms with Gasteiger partial charge >= 0.3 is 0 Å². The highest BCUT2D eigenvalue weighted by Gasteiger charge is 2.00. The van der Waals surface area contributed by atoms with Crippen LogP contribution in [0.15, 0.2) is 12.3 Å². The highest BCUT2D eigenvalue weighted by atomic mass is 16.1. The Balaban J connectivity index is 2.65. The number of primary amides is 1. The molecule has 1 heterocycles. The van der Waals surface area contributed by atoms with Gasteiger partial charge in [0.25, 0.3) is 0 Å². The SMILES string of the molecule is CCn1ccc(CC(N)=O)n1. The zero-order valence-corrected chi connectivity index (χ0v) is 6.45. The Morgan fingerprint density at radius 2 is 2.55 bits per heavy atom. The van der Waals surface area contributed by atoms with Crippen LogP contribution in [0.4, 0.5) is 0 Å². The van der Waals surface area contributed by atoms with Gasteiger partial charge in [0.15, 0.2) is 0 Å². The van der Waals surface area contributed by atoms with E-state index in [9.17, 15) is 4.79 Å². The molecule has 1 aromatic heterocycles. The van der Waals surface area contributed by atoms with Gasteiger partial charge in [0.05, 0.1) is 12.1 Å². The first kappa shape index (κ1) is 7.78. The fraction of sp³-hybridized carbons (Fsp3) is 0.429. The molecule has 0 bridgehead atoms. The van der Waals surface area contributed by atoms with Crippen LogP contribution >= 0.6 is 0 Å². The van der Waals surface area contributed by atoms with Gasteiger partial charge in [0.2, 0.25) is 5.91 Å². The second-order valence-corrected chi connectivity index (χ2v) is 2.31. The molecule has 0 aliphatic carbocycles. The number of carbonyl (C=O) groups excluding carboxylic acids is 1. The molecular formula is C7H11N3O. The van der Waals surface area contributed by atoms with Crippen molar-refractivity contribution in [1.82, 2.24) is 9.78 Å². The highest BCUT2D eigenvalue weighted by Crippen LogP contribution is 1.95. The van der Waals surface area contributed by atoms with Crippen molar-refractivity contribution in [3.8, 4) is 0 Å². The Hall–Kier alpha value is -1.32. The topological polar surface area (TPSA) is 60.9 Å². The minimum absolute atomic E-state index is 0.229. The Morgan fingerprint density at radius 1 is 1.82 bits per heavy atom. The summed E-state index contributed by atoms with van der Waals surface area (Å²) in [5.41, 5.74) is 5.72. The maximum Gasteiger partial charge on any atom is 0.223 e. The van der Waals surface area contributed by atoms with Crippen molar-refractivity contribution in [2.75, 3.05) is 0 Å². The van der Waals surface area contributed by atoms with E-state index < -0.39 is 0 Å². The minimum atomic E-state index is -0.341. The van der Waals surface area contributed by atoms with Crippen molar-refractivity contribution < 1.29 is 4.79 Å². The second-order valence-electron chi connectivity index (χ2n) is 2.31. The van der Waals surface area contributed by atoms with Crippen LogP contribution in [0, 0.1) is 0 Å². The van der Waals surface area contributed by atoms with Crippen LogP contribution in [0.2, 0.25) is 0 Å². The molecule has 4 nitrogen and oxygen atoms in total. The predicted octanol–water partition coefficient (Wildman–Crippen LogP) is -0.0692. The molecule has 2 N–H and O–H groups in total. The number of hydrogen-bond acceptors (Lipinski definition) is 2. The maximum absolute atomic E-state index is 10.4. The molecule has 0 spiro atoms. The van der Waals surface area contributed by atoms with Gasteiger partial charge in [-0.1, -0.05) is 0 Å². The van der Waals surface area contributed by atoms with Crippen molar-refractivity contribution >= 4 is 5.91 Å². The predicted molar refractivity (Wildman–Crippen MR) is 40.8 cm³/mol. The van der Waals surface area contributed by atoms with Crippen LogP contribution in [0.25, 0.3) is 0 Å². The largest absolute Gasteiger partial charge is 0.369 e. The number of aromatic nitrogens is 2. The van der Waals surface area contributed by atoms with Crippen molar-refractivity contribution in [3.05, 3.63) is 18.0 Å². The Labute approximate surface area is 65.0 Å². The Bertz CT molecular complexity index is 254. The van der Waals surface area contributed by atoms with Crippen LogP contribution in [-0.2, 0) is 17.8 Å². The lowest BCUT2D eigenvalue weighted by atomic mass is 10.3. The van der Waals surface area contributed by atoms with Crippen LogP contribution in [0.3, 0.4) is 0 Å². The molecule has 0 unspecified atom stereocenters. The number of nitrogens with two attached hydrogens (primary N) is 1. The van der Waals surface area contributed by atoms with E-state index in [1.165, 1.54) is 0 Å². The van der Waals surface area contributed by atoms with Crippen LogP contribution in [0.5, 0.6) is 0 Å². The van der Waals surface area contributed by atoms with Crippen molar-refractivity contribution in [2.45, 2.75) is 19.9 Å². The molecule has 11 heavy (non-hydrogen) atoms. The summed E-state index contributed by atoms with van der Waals surface area (Å²) < 4.78 is 1.76. The van der Waals surface area contributed by atoms with E-state index in [1.807, 2.05) is 13.1 Å². The average Bonchev–Trinajstić information content (AvgIpc) is 2.34. The van der Waals surface area contributed by atoms with Crippen molar-refractivity contribution in [2.24, 2.45) is 5.73 Å². The lowest BCUT2D eigenvalue weighted by Crippen LogP contribution is -2.14. The Morgan fingerprint density at radius 3 is 3.00 bits per heavy atom. The van der Waals surface area contributed by atoms with Gasteiger partial charge < -0.3 is 5.73 Å². The summed E-state index contributed by atoms with van der Waals surface area (Å²) >= 11 is 0. The van der Waals surface area contributed by atoms with Gasteiger partial charge in [-0.15, -0.1) is 0 Å². The monoisotopic (exact) mass is 153 g/mol. The molecule has 0 radical (unpaired) electrons. The summed E-state index contributed by atoms with van der Waals surface area (Å²) in [4.78, 5) is 10.4. The maximum atomic E-state index is 10.4. The van der Waals surface area contributed by atoms with E-state index >= 15 is 0 Å². The average molecular weight is 153 g/mol. The standard InChI is InChI=1S/C7H11N3O/c1-2-10-4-3-6(9-10)5-7(8)11/h3-4H,2,5H2,1H3,(H2,8,11). The summed E-state index contributed by atoms with van der Waals surface area (Å²) in [7, 11) is 0. The fourth-order valence-corrected chi connectivity index (χ4v) is 0.853. The molecule has 0 fully saturated rings. The lowest BCUT2D eigenvalue weighted by molar-refractivity contribution is -0.117. The third-order valence-electron chi connectivity index (χ3n) is 1.38. The highest BCUT2D eigenvalue weighted by molar-refractivity contribution is 5.75. The van der Waals surface area contributed by atoms with E-state index in [1.54, 1.807) is 10.7 Å². The van der Waals surface area contributed by atoms with Gasteiger partial charge in [-0.3, -0.25) is 9.48 Å². The summed E-state index contributed by atoms with van der Waals surface area (Å²) in [6.45, 7) is 2.81.